The highest BCUT2D eigenvalue weighted by Gasteiger charge is 2.22. The quantitative estimate of drug-likeness (QED) is 0.212. The molecule has 154 valence electrons. The van der Waals surface area contributed by atoms with E-state index >= 15 is 0 Å². The van der Waals surface area contributed by atoms with Crippen molar-refractivity contribution in [1.82, 2.24) is 0 Å². The topological polar surface area (TPSA) is 31.6 Å². The Morgan fingerprint density at radius 1 is 0.452 bits per heavy atom. The van der Waals surface area contributed by atoms with Gasteiger partial charge in [0, 0.05) is 35.0 Å². The van der Waals surface area contributed by atoms with Gasteiger partial charge in [-0.15, -0.1) is 0 Å². The van der Waals surface area contributed by atoms with Crippen LogP contribution in [-0.2, 0) is 0 Å². The van der Waals surface area contributed by atoms with Crippen molar-refractivity contribution in [3.8, 4) is 23.0 Å². The van der Waals surface area contributed by atoms with Crippen molar-refractivity contribution in [2.75, 3.05) is 0 Å². The molecule has 0 radical (unpaired) electrons. The van der Waals surface area contributed by atoms with Crippen LogP contribution in [0.15, 0.2) is 77.2 Å². The molecule has 0 bridgehead atoms. The normalized spacial score (nSPS) is 11.7. The molecule has 0 spiro atoms. The minimum atomic E-state index is 0.391. The molecule has 0 N–H and O–H groups in total. The summed E-state index contributed by atoms with van der Waals surface area (Å²) in [5, 5.41) is 3.95. The Balaban J connectivity index is 0.000000138. The van der Waals surface area contributed by atoms with Gasteiger partial charge < -0.3 is 13.9 Å². The molecule has 0 fully saturated rings. The first-order chi connectivity index (χ1) is 15.0. The van der Waals surface area contributed by atoms with E-state index in [1.54, 1.807) is 24.3 Å². The molecular weight excluding hydrogens is 478 g/mol. The maximum absolute atomic E-state index is 5.91. The van der Waals surface area contributed by atoms with Crippen molar-refractivity contribution in [2.45, 2.75) is 0 Å². The number of benzene rings is 4. The molecule has 0 amide bonds. The van der Waals surface area contributed by atoms with Gasteiger partial charge in [0.2, 0.25) is 0 Å². The van der Waals surface area contributed by atoms with Gasteiger partial charge in [-0.3, -0.25) is 0 Å². The van der Waals surface area contributed by atoms with E-state index in [2.05, 4.69) is 12.1 Å². The molecule has 5 aromatic rings. The molecule has 0 unspecified atom stereocenters. The van der Waals surface area contributed by atoms with E-state index in [1.165, 1.54) is 10.8 Å². The molecule has 0 saturated heterocycles. The number of rotatable bonds is 0. The minimum absolute atomic E-state index is 0.391. The van der Waals surface area contributed by atoms with Crippen LogP contribution >= 0.6 is 46.4 Å². The van der Waals surface area contributed by atoms with E-state index in [1.807, 2.05) is 36.4 Å². The van der Waals surface area contributed by atoms with Gasteiger partial charge in [-0.05, 0) is 12.1 Å². The van der Waals surface area contributed by atoms with E-state index in [0.29, 0.717) is 43.1 Å². The van der Waals surface area contributed by atoms with Crippen LogP contribution < -0.4 is 9.47 Å². The van der Waals surface area contributed by atoms with Crippen LogP contribution in [0.2, 0.25) is 20.1 Å². The predicted molar refractivity (Wildman–Crippen MR) is 127 cm³/mol. The number of halogens is 4. The molecule has 7 heteroatoms. The number of hydrogen-bond acceptors (Lipinski definition) is 3. The number of hydrogen-bond donors (Lipinski definition) is 0. The van der Waals surface area contributed by atoms with Gasteiger partial charge in [-0.2, -0.15) is 0 Å². The van der Waals surface area contributed by atoms with Crippen LogP contribution in [-0.4, -0.2) is 0 Å². The highest BCUT2D eigenvalue weighted by atomic mass is 35.5. The van der Waals surface area contributed by atoms with Crippen LogP contribution in [0.1, 0.15) is 0 Å². The molecule has 1 aromatic heterocycles. The molecule has 1 aliphatic heterocycles. The summed E-state index contributed by atoms with van der Waals surface area (Å²) in [6.45, 7) is 0. The summed E-state index contributed by atoms with van der Waals surface area (Å²) in [7, 11) is 0. The zero-order chi connectivity index (χ0) is 21.5. The summed E-state index contributed by atoms with van der Waals surface area (Å²) in [6.07, 6.45) is 0. The van der Waals surface area contributed by atoms with Crippen LogP contribution in [0, 0.1) is 0 Å². The van der Waals surface area contributed by atoms with Crippen LogP contribution in [0.4, 0.5) is 0 Å². The van der Waals surface area contributed by atoms with E-state index in [4.69, 9.17) is 60.3 Å². The van der Waals surface area contributed by atoms with Gasteiger partial charge in [-0.25, -0.2) is 0 Å². The van der Waals surface area contributed by atoms with Gasteiger partial charge in [0.05, 0.1) is 20.1 Å². The molecule has 0 saturated carbocycles. The lowest BCUT2D eigenvalue weighted by Crippen LogP contribution is -1.99. The molecule has 0 atom stereocenters. The standard InChI is InChI=1S/C12H4Cl4O2.C12H8O/c13-5-1-9-10(2-6(5)14)18-12-4-8(16)7(15)3-11(12)17-9;1-3-7-11-9(5-1)10-6-2-4-8-12(10)13-11/h1-4H;1-8H. The highest BCUT2D eigenvalue weighted by Crippen LogP contribution is 2.49. The maximum Gasteiger partial charge on any atom is 0.171 e. The average molecular weight is 490 g/mol. The molecule has 2 heterocycles. The van der Waals surface area contributed by atoms with Gasteiger partial charge in [0.1, 0.15) is 11.2 Å². The van der Waals surface area contributed by atoms with Gasteiger partial charge >= 0.3 is 0 Å². The lowest BCUT2D eigenvalue weighted by molar-refractivity contribution is 0.359. The second-order valence-electron chi connectivity index (χ2n) is 6.72. The summed E-state index contributed by atoms with van der Waals surface area (Å²) >= 11 is 23.7. The van der Waals surface area contributed by atoms with Gasteiger partial charge in [0.15, 0.2) is 23.0 Å². The van der Waals surface area contributed by atoms with E-state index in [-0.39, 0.29) is 0 Å². The molecule has 6 rings (SSSR count). The Labute approximate surface area is 197 Å². The molecule has 3 nitrogen and oxygen atoms in total. The number of ether oxygens (including phenoxy) is 2. The van der Waals surface area contributed by atoms with E-state index in [9.17, 15) is 0 Å². The number of furan rings is 1. The first kappa shape index (κ1) is 20.3. The number of para-hydroxylation sites is 2. The van der Waals surface area contributed by atoms with Crippen molar-refractivity contribution in [3.05, 3.63) is 92.9 Å². The third-order valence-corrected chi connectivity index (χ3v) is 6.14. The van der Waals surface area contributed by atoms with Crippen molar-refractivity contribution in [2.24, 2.45) is 0 Å². The molecule has 1 aliphatic rings. The van der Waals surface area contributed by atoms with Crippen molar-refractivity contribution in [1.29, 1.82) is 0 Å². The highest BCUT2D eigenvalue weighted by molar-refractivity contribution is 6.42. The fourth-order valence-electron chi connectivity index (χ4n) is 3.25. The fraction of sp³-hybridized carbons (Fsp3) is 0. The SMILES string of the molecule is Clc1cc2c(cc1Cl)Oc1cc(Cl)c(Cl)cc1O2.c1ccc2c(c1)oc1ccccc12. The summed E-state index contributed by atoms with van der Waals surface area (Å²) in [6, 6.07) is 22.6. The van der Waals surface area contributed by atoms with E-state index in [0.717, 1.165) is 11.2 Å². The Kier molecular flexibility index (Phi) is 5.37. The second kappa shape index (κ2) is 8.18. The van der Waals surface area contributed by atoms with Crippen molar-refractivity contribution >= 4 is 68.3 Å². The summed E-state index contributed by atoms with van der Waals surface area (Å²) in [5.74, 6) is 1.93. The Morgan fingerprint density at radius 3 is 1.13 bits per heavy atom. The third kappa shape index (κ3) is 3.90. The third-order valence-electron chi connectivity index (χ3n) is 4.70. The van der Waals surface area contributed by atoms with Crippen LogP contribution in [0.25, 0.3) is 21.9 Å². The van der Waals surface area contributed by atoms with E-state index < -0.39 is 0 Å². The lowest BCUT2D eigenvalue weighted by Gasteiger charge is -2.21. The minimum Gasteiger partial charge on any atom is -0.456 e. The number of fused-ring (bicyclic) bond motifs is 5. The first-order valence-corrected chi connectivity index (χ1v) is 10.7. The molecule has 4 aromatic carbocycles. The van der Waals surface area contributed by atoms with Crippen LogP contribution in [0.5, 0.6) is 23.0 Å². The maximum atomic E-state index is 5.91. The Hall–Kier alpha value is -2.56. The Bertz CT molecular complexity index is 1280. The first-order valence-electron chi connectivity index (χ1n) is 9.19. The summed E-state index contributed by atoms with van der Waals surface area (Å²) < 4.78 is 16.9. The summed E-state index contributed by atoms with van der Waals surface area (Å²) in [4.78, 5) is 0. The zero-order valence-electron chi connectivity index (χ0n) is 15.7. The van der Waals surface area contributed by atoms with Crippen molar-refractivity contribution < 1.29 is 13.9 Å². The van der Waals surface area contributed by atoms with Gasteiger partial charge in [-0.1, -0.05) is 82.8 Å². The monoisotopic (exact) mass is 488 g/mol. The van der Waals surface area contributed by atoms with Crippen LogP contribution in [0.3, 0.4) is 0 Å². The fourth-order valence-corrected chi connectivity index (χ4v) is 3.87. The molecule has 31 heavy (non-hydrogen) atoms. The predicted octanol–water partition coefficient (Wildman–Crippen LogP) is 9.78. The lowest BCUT2D eigenvalue weighted by atomic mass is 10.2. The molecule has 0 aliphatic carbocycles. The largest absolute Gasteiger partial charge is 0.456 e. The van der Waals surface area contributed by atoms with Gasteiger partial charge in [0.25, 0.3) is 0 Å². The molecular formula is C24H12Cl4O3. The average Bonchev–Trinajstić information content (AvgIpc) is 3.14. The summed E-state index contributed by atoms with van der Waals surface area (Å²) in [5.41, 5.74) is 1.92. The second-order valence-corrected chi connectivity index (χ2v) is 8.35. The Morgan fingerprint density at radius 2 is 0.774 bits per heavy atom. The smallest absolute Gasteiger partial charge is 0.171 e. The van der Waals surface area contributed by atoms with Crippen molar-refractivity contribution in [3.63, 3.8) is 0 Å². The zero-order valence-corrected chi connectivity index (χ0v) is 18.7.